The van der Waals surface area contributed by atoms with Crippen LogP contribution in [0, 0.1) is 17.0 Å². The van der Waals surface area contributed by atoms with Gasteiger partial charge in [-0.1, -0.05) is 31.4 Å². The van der Waals surface area contributed by atoms with E-state index in [1.165, 1.54) is 12.5 Å². The van der Waals surface area contributed by atoms with Gasteiger partial charge < -0.3 is 10.5 Å². The zero-order valence-corrected chi connectivity index (χ0v) is 11.2. The highest BCUT2D eigenvalue weighted by Gasteiger charge is 2.29. The van der Waals surface area contributed by atoms with Gasteiger partial charge >= 0.3 is 5.69 Å². The van der Waals surface area contributed by atoms with Gasteiger partial charge in [0.15, 0.2) is 5.75 Å². The highest BCUT2D eigenvalue weighted by Crippen LogP contribution is 2.32. The second-order valence-corrected chi connectivity index (χ2v) is 5.39. The van der Waals surface area contributed by atoms with Gasteiger partial charge in [0.2, 0.25) is 0 Å². The number of para-hydroxylation sites is 1. The summed E-state index contributed by atoms with van der Waals surface area (Å²) < 4.78 is 5.71. The number of hydrogen-bond donors (Lipinski definition) is 1. The van der Waals surface area contributed by atoms with E-state index >= 15 is 0 Å². The lowest BCUT2D eigenvalue weighted by Crippen LogP contribution is -2.47. The van der Waals surface area contributed by atoms with E-state index < -0.39 is 4.92 Å². The van der Waals surface area contributed by atoms with Crippen LogP contribution in [0.25, 0.3) is 0 Å². The monoisotopic (exact) mass is 264 g/mol. The first kappa shape index (κ1) is 13.8. The molecule has 0 radical (unpaired) electrons. The third-order valence-corrected chi connectivity index (χ3v) is 3.74. The van der Waals surface area contributed by atoms with Crippen LogP contribution in [0.5, 0.6) is 5.75 Å². The molecule has 0 atom stereocenters. The van der Waals surface area contributed by atoms with Crippen molar-refractivity contribution in [3.8, 4) is 5.75 Å². The average molecular weight is 264 g/mol. The summed E-state index contributed by atoms with van der Waals surface area (Å²) in [6, 6.07) is 4.94. The summed E-state index contributed by atoms with van der Waals surface area (Å²) in [7, 11) is 0. The third-order valence-electron chi connectivity index (χ3n) is 3.74. The summed E-state index contributed by atoms with van der Waals surface area (Å²) in [6.07, 6.45) is 5.27. The van der Waals surface area contributed by atoms with Gasteiger partial charge in [-0.15, -0.1) is 0 Å². The molecule has 0 aromatic heterocycles. The molecule has 2 N–H and O–H groups in total. The normalized spacial score (nSPS) is 18.0. The number of nitro benzene ring substituents is 1. The molecule has 2 rings (SSSR count). The largest absolute Gasteiger partial charge is 0.485 e. The van der Waals surface area contributed by atoms with Gasteiger partial charge in [-0.05, 0) is 25.3 Å². The topological polar surface area (TPSA) is 78.4 Å². The summed E-state index contributed by atoms with van der Waals surface area (Å²) >= 11 is 0. The van der Waals surface area contributed by atoms with E-state index in [-0.39, 0.29) is 11.2 Å². The van der Waals surface area contributed by atoms with Crippen molar-refractivity contribution in [3.05, 3.63) is 33.9 Å². The van der Waals surface area contributed by atoms with E-state index in [0.717, 1.165) is 31.2 Å². The fourth-order valence-electron chi connectivity index (χ4n) is 2.58. The Kier molecular flexibility index (Phi) is 4.04. The second-order valence-electron chi connectivity index (χ2n) is 5.39. The summed E-state index contributed by atoms with van der Waals surface area (Å²) in [6.45, 7) is 2.16. The molecule has 1 aliphatic rings. The molecule has 1 aromatic rings. The van der Waals surface area contributed by atoms with Crippen molar-refractivity contribution in [3.63, 3.8) is 0 Å². The minimum Gasteiger partial charge on any atom is -0.485 e. The maximum absolute atomic E-state index is 11.0. The molecule has 1 saturated carbocycles. The molecule has 1 aromatic carbocycles. The Morgan fingerprint density at radius 3 is 2.68 bits per heavy atom. The predicted molar refractivity (Wildman–Crippen MR) is 73.3 cm³/mol. The smallest absolute Gasteiger partial charge is 0.311 e. The van der Waals surface area contributed by atoms with Gasteiger partial charge in [0, 0.05) is 6.07 Å². The number of hydrogen-bond acceptors (Lipinski definition) is 4. The number of aryl methyl sites for hydroxylation is 1. The second kappa shape index (κ2) is 5.57. The number of nitrogens with zero attached hydrogens (tertiary/aromatic N) is 1. The molecule has 0 bridgehead atoms. The molecule has 5 nitrogen and oxygen atoms in total. The summed E-state index contributed by atoms with van der Waals surface area (Å²) in [5.41, 5.74) is 6.73. The van der Waals surface area contributed by atoms with Crippen LogP contribution in [0.4, 0.5) is 5.69 Å². The van der Waals surface area contributed by atoms with Crippen molar-refractivity contribution in [2.24, 2.45) is 5.73 Å². The Labute approximate surface area is 112 Å². The fourth-order valence-corrected chi connectivity index (χ4v) is 2.58. The van der Waals surface area contributed by atoms with Crippen molar-refractivity contribution in [2.75, 3.05) is 6.61 Å². The van der Waals surface area contributed by atoms with Gasteiger partial charge in [0.25, 0.3) is 0 Å². The Balaban J connectivity index is 2.12. The van der Waals surface area contributed by atoms with Gasteiger partial charge in [-0.25, -0.2) is 0 Å². The molecule has 5 heteroatoms. The molecular weight excluding hydrogens is 244 g/mol. The number of ether oxygens (including phenoxy) is 1. The van der Waals surface area contributed by atoms with Crippen LogP contribution in [-0.4, -0.2) is 17.1 Å². The van der Waals surface area contributed by atoms with Crippen molar-refractivity contribution < 1.29 is 9.66 Å². The van der Waals surface area contributed by atoms with E-state index in [1.54, 1.807) is 6.07 Å². The molecular formula is C14H20N2O3. The Hall–Kier alpha value is -1.62. The quantitative estimate of drug-likeness (QED) is 0.670. The molecule has 0 spiro atoms. The van der Waals surface area contributed by atoms with Gasteiger partial charge in [0.05, 0.1) is 10.5 Å². The molecule has 0 heterocycles. The van der Waals surface area contributed by atoms with Crippen LogP contribution in [-0.2, 0) is 0 Å². The highest BCUT2D eigenvalue weighted by molar-refractivity contribution is 5.51. The first-order valence-corrected chi connectivity index (χ1v) is 6.67. The fraction of sp³-hybridized carbons (Fsp3) is 0.571. The zero-order chi connectivity index (χ0) is 13.9. The molecule has 1 aliphatic carbocycles. The predicted octanol–water partition coefficient (Wildman–Crippen LogP) is 2.94. The van der Waals surface area contributed by atoms with E-state index in [1.807, 2.05) is 13.0 Å². The number of nitro groups is 1. The van der Waals surface area contributed by atoms with Crippen LogP contribution in [0.15, 0.2) is 18.2 Å². The van der Waals surface area contributed by atoms with Crippen molar-refractivity contribution in [1.82, 2.24) is 0 Å². The minimum absolute atomic E-state index is 0.0133. The van der Waals surface area contributed by atoms with Crippen molar-refractivity contribution in [1.29, 1.82) is 0 Å². The van der Waals surface area contributed by atoms with E-state index in [4.69, 9.17) is 10.5 Å². The van der Waals surface area contributed by atoms with E-state index in [9.17, 15) is 10.1 Å². The SMILES string of the molecule is Cc1cccc([N+](=O)[O-])c1OCC1(N)CCCCC1. The minimum atomic E-state index is -0.410. The first-order valence-electron chi connectivity index (χ1n) is 6.67. The zero-order valence-electron chi connectivity index (χ0n) is 11.2. The number of nitrogens with two attached hydrogens (primary N) is 1. The molecule has 1 fully saturated rings. The third kappa shape index (κ3) is 3.23. The Morgan fingerprint density at radius 1 is 1.37 bits per heavy atom. The van der Waals surface area contributed by atoms with Crippen LogP contribution in [0.1, 0.15) is 37.7 Å². The molecule has 0 amide bonds. The summed E-state index contributed by atoms with van der Waals surface area (Å²) in [5, 5.41) is 11.0. The lowest BCUT2D eigenvalue weighted by molar-refractivity contribution is -0.386. The van der Waals surface area contributed by atoms with Crippen LogP contribution in [0.2, 0.25) is 0 Å². The van der Waals surface area contributed by atoms with Crippen LogP contribution < -0.4 is 10.5 Å². The first-order chi connectivity index (χ1) is 9.02. The number of benzene rings is 1. The Bertz CT molecular complexity index is 468. The Morgan fingerprint density at radius 2 is 2.05 bits per heavy atom. The molecule has 19 heavy (non-hydrogen) atoms. The molecule has 0 aliphatic heterocycles. The maximum Gasteiger partial charge on any atom is 0.311 e. The van der Waals surface area contributed by atoms with Gasteiger partial charge in [-0.2, -0.15) is 0 Å². The van der Waals surface area contributed by atoms with Gasteiger partial charge in [-0.3, -0.25) is 10.1 Å². The van der Waals surface area contributed by atoms with E-state index in [0.29, 0.717) is 12.4 Å². The highest BCUT2D eigenvalue weighted by atomic mass is 16.6. The summed E-state index contributed by atoms with van der Waals surface area (Å²) in [5.74, 6) is 0.350. The van der Waals surface area contributed by atoms with Crippen LogP contribution >= 0.6 is 0 Å². The van der Waals surface area contributed by atoms with Crippen molar-refractivity contribution >= 4 is 5.69 Å². The molecule has 0 saturated heterocycles. The lowest BCUT2D eigenvalue weighted by Gasteiger charge is -2.33. The lowest BCUT2D eigenvalue weighted by atomic mass is 9.83. The standard InChI is InChI=1S/C14H20N2O3/c1-11-6-5-7-12(16(17)18)13(11)19-10-14(15)8-3-2-4-9-14/h5-7H,2-4,8-10,15H2,1H3. The van der Waals surface area contributed by atoms with Crippen molar-refractivity contribution in [2.45, 2.75) is 44.6 Å². The number of rotatable bonds is 4. The molecule has 0 unspecified atom stereocenters. The maximum atomic E-state index is 11.0. The van der Waals surface area contributed by atoms with E-state index in [2.05, 4.69) is 0 Å². The average Bonchev–Trinajstić information content (AvgIpc) is 2.38. The van der Waals surface area contributed by atoms with Gasteiger partial charge in [0.1, 0.15) is 6.61 Å². The summed E-state index contributed by atoms with van der Waals surface area (Å²) in [4.78, 5) is 10.6. The molecule has 104 valence electrons. The van der Waals surface area contributed by atoms with Crippen LogP contribution in [0.3, 0.4) is 0 Å².